The molecule has 5 aromatic rings. The van der Waals surface area contributed by atoms with E-state index >= 15 is 0 Å². The lowest BCUT2D eigenvalue weighted by Crippen LogP contribution is -2.58. The Morgan fingerprint density at radius 3 is 2.24 bits per heavy atom. The first kappa shape index (κ1) is 27.2. The average molecular weight is 580 g/mol. The Bertz CT molecular complexity index is 1690. The zero-order valence-electron chi connectivity index (χ0n) is 22.6. The van der Waals surface area contributed by atoms with Crippen molar-refractivity contribution < 1.29 is 9.90 Å². The molecule has 1 amide bonds. The highest BCUT2D eigenvalue weighted by molar-refractivity contribution is 7.80. The molecule has 5 nitrogen and oxygen atoms in total. The zero-order valence-corrected chi connectivity index (χ0v) is 24.2. The van der Waals surface area contributed by atoms with Crippen LogP contribution in [0.1, 0.15) is 35.8 Å². The van der Waals surface area contributed by atoms with Crippen molar-refractivity contribution in [2.75, 3.05) is 11.4 Å². The molecule has 4 aromatic carbocycles. The predicted molar refractivity (Wildman–Crippen MR) is 169 cm³/mol. The van der Waals surface area contributed by atoms with E-state index in [2.05, 4.69) is 41.8 Å². The van der Waals surface area contributed by atoms with Crippen LogP contribution < -0.4 is 4.90 Å². The fourth-order valence-electron chi connectivity index (χ4n) is 5.69. The van der Waals surface area contributed by atoms with Crippen LogP contribution in [0.25, 0.3) is 10.9 Å². The minimum absolute atomic E-state index is 0.110. The molecule has 206 valence electrons. The number of aliphatic hydroxyl groups excluding tert-OH is 1. The molecule has 41 heavy (non-hydrogen) atoms. The van der Waals surface area contributed by atoms with E-state index in [9.17, 15) is 9.90 Å². The molecule has 0 aliphatic carbocycles. The minimum atomic E-state index is -1.05. The van der Waals surface area contributed by atoms with Crippen molar-refractivity contribution in [3.8, 4) is 0 Å². The molecule has 3 atom stereocenters. The lowest BCUT2D eigenvalue weighted by Gasteiger charge is -2.45. The summed E-state index contributed by atoms with van der Waals surface area (Å²) >= 11 is 12.1. The summed E-state index contributed by atoms with van der Waals surface area (Å²) in [5.74, 6) is -0.985. The molecule has 1 N–H and O–H groups in total. The number of fused-ring (bicyclic) bond motifs is 1. The normalized spacial score (nSPS) is 17.2. The van der Waals surface area contributed by atoms with Gasteiger partial charge in [-0.2, -0.15) is 0 Å². The van der Waals surface area contributed by atoms with Crippen LogP contribution in [-0.2, 0) is 11.3 Å². The van der Waals surface area contributed by atoms with Crippen LogP contribution in [0.4, 0.5) is 5.69 Å². The van der Waals surface area contributed by atoms with Crippen molar-refractivity contribution in [1.29, 1.82) is 0 Å². The molecule has 1 saturated heterocycles. The number of thiocarbonyl (C=S) groups is 1. The van der Waals surface area contributed by atoms with Gasteiger partial charge < -0.3 is 14.6 Å². The van der Waals surface area contributed by atoms with Gasteiger partial charge in [0.05, 0.1) is 23.8 Å². The van der Waals surface area contributed by atoms with Gasteiger partial charge >= 0.3 is 0 Å². The van der Waals surface area contributed by atoms with E-state index in [0.717, 1.165) is 27.6 Å². The first-order valence-corrected chi connectivity index (χ1v) is 14.5. The Kier molecular flexibility index (Phi) is 7.63. The second kappa shape index (κ2) is 11.5. The summed E-state index contributed by atoms with van der Waals surface area (Å²) in [5.41, 5.74) is 4.59. The fourth-order valence-corrected chi connectivity index (χ4v) is 6.25. The molecule has 1 aliphatic heterocycles. The number of benzene rings is 4. The maximum Gasteiger partial charge on any atom is 0.241 e. The van der Waals surface area contributed by atoms with E-state index in [1.807, 2.05) is 65.7 Å². The van der Waals surface area contributed by atoms with Crippen molar-refractivity contribution in [2.45, 2.75) is 25.6 Å². The molecule has 0 saturated carbocycles. The molecule has 2 heterocycles. The van der Waals surface area contributed by atoms with E-state index in [-0.39, 0.29) is 18.5 Å². The predicted octanol–water partition coefficient (Wildman–Crippen LogP) is 7.39. The summed E-state index contributed by atoms with van der Waals surface area (Å²) in [4.78, 5) is 17.8. The van der Waals surface area contributed by atoms with Gasteiger partial charge in [-0.25, -0.2) is 0 Å². The molecule has 0 spiro atoms. The van der Waals surface area contributed by atoms with E-state index < -0.39 is 12.0 Å². The molecule has 7 heteroatoms. The number of carbonyl (C=O) groups excluding carboxylic acids is 1. The van der Waals surface area contributed by atoms with E-state index in [1.165, 1.54) is 0 Å². The SMILES string of the molecule is C[C@@H](c1ccccc1)N1C[C@@H]([C@@H](O)c2cn(Cc3ccccc3)c3ccccc23)C(=O)N(c2ccc(Cl)cc2)C1=S. The summed E-state index contributed by atoms with van der Waals surface area (Å²) in [7, 11) is 0. The van der Waals surface area contributed by atoms with Crippen LogP contribution in [0.3, 0.4) is 0 Å². The molecule has 0 bridgehead atoms. The van der Waals surface area contributed by atoms with Crippen molar-refractivity contribution >= 4 is 51.4 Å². The number of aromatic nitrogens is 1. The minimum Gasteiger partial charge on any atom is -0.387 e. The number of para-hydroxylation sites is 1. The Morgan fingerprint density at radius 2 is 1.54 bits per heavy atom. The van der Waals surface area contributed by atoms with Crippen molar-refractivity contribution in [3.63, 3.8) is 0 Å². The van der Waals surface area contributed by atoms with Gasteiger partial charge in [0.25, 0.3) is 0 Å². The molecule has 1 aromatic heterocycles. The van der Waals surface area contributed by atoms with Crippen LogP contribution in [0, 0.1) is 5.92 Å². The van der Waals surface area contributed by atoms with E-state index in [1.54, 1.807) is 29.2 Å². The number of nitrogens with zero attached hydrogens (tertiary/aromatic N) is 3. The van der Waals surface area contributed by atoms with E-state index in [4.69, 9.17) is 23.8 Å². The number of halogens is 1. The summed E-state index contributed by atoms with van der Waals surface area (Å²) in [6.07, 6.45) is 0.938. The molecule has 1 fully saturated rings. The maximum atomic E-state index is 14.2. The Balaban J connectivity index is 1.41. The van der Waals surface area contributed by atoms with Crippen LogP contribution in [0.2, 0.25) is 5.02 Å². The highest BCUT2D eigenvalue weighted by atomic mass is 35.5. The Morgan fingerprint density at radius 1 is 0.902 bits per heavy atom. The summed E-state index contributed by atoms with van der Waals surface area (Å²) in [6, 6.07) is 35.3. The molecule has 0 unspecified atom stereocenters. The van der Waals surface area contributed by atoms with Crippen LogP contribution in [0.15, 0.2) is 115 Å². The Hall–Kier alpha value is -3.97. The lowest BCUT2D eigenvalue weighted by molar-refractivity contribution is -0.127. The highest BCUT2D eigenvalue weighted by Gasteiger charge is 2.43. The first-order valence-electron chi connectivity index (χ1n) is 13.7. The number of amides is 1. The summed E-state index contributed by atoms with van der Waals surface area (Å²) < 4.78 is 2.14. The number of hydrogen-bond acceptors (Lipinski definition) is 3. The lowest BCUT2D eigenvalue weighted by atomic mass is 9.90. The van der Waals surface area contributed by atoms with Crippen LogP contribution >= 0.6 is 23.8 Å². The average Bonchev–Trinajstić information content (AvgIpc) is 3.37. The maximum absolute atomic E-state index is 14.2. The van der Waals surface area contributed by atoms with Crippen LogP contribution in [0.5, 0.6) is 0 Å². The first-order chi connectivity index (χ1) is 19.9. The summed E-state index contributed by atoms with van der Waals surface area (Å²) in [5, 5.41) is 13.9. The number of carbonyl (C=O) groups is 1. The number of hydrogen-bond donors (Lipinski definition) is 1. The quantitative estimate of drug-likeness (QED) is 0.204. The van der Waals surface area contributed by atoms with Gasteiger partial charge in [0.15, 0.2) is 5.11 Å². The third kappa shape index (κ3) is 5.26. The van der Waals surface area contributed by atoms with Gasteiger partial charge in [-0.3, -0.25) is 9.69 Å². The topological polar surface area (TPSA) is 48.7 Å². The van der Waals surface area contributed by atoms with Gasteiger partial charge in [0.1, 0.15) is 0 Å². The fraction of sp³-hybridized carbons (Fsp3) is 0.176. The number of aliphatic hydroxyl groups is 1. The molecule has 0 radical (unpaired) electrons. The third-order valence-electron chi connectivity index (χ3n) is 7.92. The van der Waals surface area contributed by atoms with Gasteiger partial charge in [-0.1, -0.05) is 90.5 Å². The smallest absolute Gasteiger partial charge is 0.241 e. The molecule has 1 aliphatic rings. The van der Waals surface area contributed by atoms with Gasteiger partial charge in [-0.05, 0) is 60.6 Å². The largest absolute Gasteiger partial charge is 0.387 e. The second-order valence-electron chi connectivity index (χ2n) is 10.4. The number of rotatable bonds is 7. The third-order valence-corrected chi connectivity index (χ3v) is 8.59. The second-order valence-corrected chi connectivity index (χ2v) is 11.2. The number of anilines is 1. The van der Waals surface area contributed by atoms with Crippen molar-refractivity contribution in [1.82, 2.24) is 9.47 Å². The highest BCUT2D eigenvalue weighted by Crippen LogP contribution is 2.38. The molecule has 6 rings (SSSR count). The zero-order chi connectivity index (χ0) is 28.5. The van der Waals surface area contributed by atoms with Crippen LogP contribution in [-0.4, -0.2) is 32.1 Å². The molecular weight excluding hydrogens is 550 g/mol. The summed E-state index contributed by atoms with van der Waals surface area (Å²) in [6.45, 7) is 3.02. The van der Waals surface area contributed by atoms with Gasteiger partial charge in [-0.15, -0.1) is 0 Å². The van der Waals surface area contributed by atoms with Crippen molar-refractivity contribution in [2.24, 2.45) is 5.92 Å². The van der Waals surface area contributed by atoms with E-state index in [0.29, 0.717) is 22.4 Å². The van der Waals surface area contributed by atoms with Gasteiger partial charge in [0.2, 0.25) is 5.91 Å². The van der Waals surface area contributed by atoms with Crippen molar-refractivity contribution in [3.05, 3.63) is 137 Å². The Labute approximate surface area is 250 Å². The standard InChI is InChI=1S/C34H30ClN3O2S/c1-23(25-12-6-3-7-13-25)37-22-30(33(40)38(34(37)41)27-18-16-26(35)17-19-27)32(39)29-21-36(20-24-10-4-2-5-11-24)31-15-9-8-14-28(29)31/h2-19,21,23,30,32,39H,20,22H2,1H3/t23-,30-,32-/m0/s1. The molecular formula is C34H30ClN3O2S. The monoisotopic (exact) mass is 579 g/mol. The van der Waals surface area contributed by atoms with Gasteiger partial charge in [0, 0.05) is 40.8 Å².